The van der Waals surface area contributed by atoms with Gasteiger partial charge in [0.1, 0.15) is 6.61 Å². The Morgan fingerprint density at radius 3 is 2.53 bits per heavy atom. The van der Waals surface area contributed by atoms with Crippen LogP contribution in [0.5, 0.6) is 11.5 Å². The molecule has 30 heavy (non-hydrogen) atoms. The van der Waals surface area contributed by atoms with Crippen LogP contribution >= 0.6 is 39.1 Å². The SMILES string of the molecule is COc1cc(CNCC(O)c2ccccc2)cc(Br)c1OCc1ccc(Cl)cc1Cl. The van der Waals surface area contributed by atoms with Crippen molar-refractivity contribution >= 4 is 39.1 Å². The number of aliphatic hydroxyl groups excluding tert-OH is 1. The van der Waals surface area contributed by atoms with Crippen LogP contribution in [0.1, 0.15) is 22.8 Å². The van der Waals surface area contributed by atoms with Gasteiger partial charge in [-0.25, -0.2) is 0 Å². The Morgan fingerprint density at radius 2 is 1.83 bits per heavy atom. The number of benzene rings is 3. The largest absolute Gasteiger partial charge is 0.493 e. The van der Waals surface area contributed by atoms with E-state index in [1.54, 1.807) is 19.2 Å². The van der Waals surface area contributed by atoms with Gasteiger partial charge in [-0.15, -0.1) is 0 Å². The van der Waals surface area contributed by atoms with E-state index in [9.17, 15) is 5.11 Å². The highest BCUT2D eigenvalue weighted by molar-refractivity contribution is 9.10. The van der Waals surface area contributed by atoms with Crippen molar-refractivity contribution in [3.05, 3.63) is 91.9 Å². The first-order valence-corrected chi connectivity index (χ1v) is 10.9. The molecule has 0 saturated carbocycles. The van der Waals surface area contributed by atoms with E-state index in [0.717, 1.165) is 21.2 Å². The Morgan fingerprint density at radius 1 is 1.07 bits per heavy atom. The minimum absolute atomic E-state index is 0.284. The number of ether oxygens (including phenoxy) is 2. The van der Waals surface area contributed by atoms with Gasteiger partial charge in [0, 0.05) is 28.7 Å². The molecular weight excluding hydrogens is 489 g/mol. The van der Waals surface area contributed by atoms with Gasteiger partial charge in [-0.2, -0.15) is 0 Å². The fraction of sp³-hybridized carbons (Fsp3) is 0.217. The number of rotatable bonds is 9. The standard InChI is InChI=1S/C23H22BrCl2NO3/c1-29-22-10-15(12-27-13-21(28)16-5-3-2-4-6-16)9-19(24)23(22)30-14-17-7-8-18(25)11-20(17)26/h2-11,21,27-28H,12-14H2,1H3. The number of aliphatic hydroxyl groups is 1. The number of halogens is 3. The summed E-state index contributed by atoms with van der Waals surface area (Å²) in [5, 5.41) is 14.7. The van der Waals surface area contributed by atoms with Crippen LogP contribution in [0.15, 0.2) is 65.1 Å². The van der Waals surface area contributed by atoms with Crippen molar-refractivity contribution in [1.82, 2.24) is 5.32 Å². The maximum Gasteiger partial charge on any atom is 0.175 e. The maximum atomic E-state index is 10.3. The first-order valence-electron chi connectivity index (χ1n) is 9.34. The molecule has 4 nitrogen and oxygen atoms in total. The van der Waals surface area contributed by atoms with E-state index in [2.05, 4.69) is 21.2 Å². The van der Waals surface area contributed by atoms with Crippen molar-refractivity contribution in [3.8, 4) is 11.5 Å². The van der Waals surface area contributed by atoms with E-state index in [0.29, 0.717) is 34.6 Å². The summed E-state index contributed by atoms with van der Waals surface area (Å²) >= 11 is 15.7. The number of methoxy groups -OCH3 is 1. The number of hydrogen-bond donors (Lipinski definition) is 2. The minimum Gasteiger partial charge on any atom is -0.493 e. The van der Waals surface area contributed by atoms with Crippen molar-refractivity contribution < 1.29 is 14.6 Å². The molecule has 2 N–H and O–H groups in total. The lowest BCUT2D eigenvalue weighted by Gasteiger charge is -2.16. The van der Waals surface area contributed by atoms with Crippen LogP contribution in [-0.4, -0.2) is 18.8 Å². The fourth-order valence-electron chi connectivity index (χ4n) is 2.95. The minimum atomic E-state index is -0.566. The summed E-state index contributed by atoms with van der Waals surface area (Å²) in [5.74, 6) is 1.20. The summed E-state index contributed by atoms with van der Waals surface area (Å²) in [5.41, 5.74) is 2.71. The van der Waals surface area contributed by atoms with E-state index >= 15 is 0 Å². The molecule has 0 heterocycles. The Balaban J connectivity index is 1.63. The second kappa shape index (κ2) is 11.0. The molecule has 158 valence electrons. The summed E-state index contributed by atoms with van der Waals surface area (Å²) in [7, 11) is 1.60. The summed E-state index contributed by atoms with van der Waals surface area (Å²) in [4.78, 5) is 0. The van der Waals surface area contributed by atoms with Gasteiger partial charge in [0.2, 0.25) is 0 Å². The van der Waals surface area contributed by atoms with Gasteiger partial charge in [-0.1, -0.05) is 59.6 Å². The average Bonchev–Trinajstić information content (AvgIpc) is 2.74. The van der Waals surface area contributed by atoms with Gasteiger partial charge >= 0.3 is 0 Å². The average molecular weight is 511 g/mol. The molecule has 3 aromatic carbocycles. The molecular formula is C23H22BrCl2NO3. The van der Waals surface area contributed by atoms with Gasteiger partial charge in [0.25, 0.3) is 0 Å². The van der Waals surface area contributed by atoms with Crippen molar-refractivity contribution in [1.29, 1.82) is 0 Å². The highest BCUT2D eigenvalue weighted by Crippen LogP contribution is 2.37. The van der Waals surface area contributed by atoms with Crippen LogP contribution in [0, 0.1) is 0 Å². The first-order chi connectivity index (χ1) is 14.5. The fourth-order valence-corrected chi connectivity index (χ4v) is 4.02. The summed E-state index contributed by atoms with van der Waals surface area (Å²) in [6.07, 6.45) is -0.566. The second-order valence-corrected chi connectivity index (χ2v) is 8.39. The molecule has 0 bridgehead atoms. The lowest BCUT2D eigenvalue weighted by molar-refractivity contribution is 0.174. The van der Waals surface area contributed by atoms with Crippen LogP contribution in [0.4, 0.5) is 0 Å². The first kappa shape index (κ1) is 22.9. The molecule has 0 fully saturated rings. The molecule has 3 aromatic rings. The van der Waals surface area contributed by atoms with E-state index in [1.165, 1.54) is 0 Å². The van der Waals surface area contributed by atoms with Gasteiger partial charge in [-0.3, -0.25) is 0 Å². The van der Waals surface area contributed by atoms with E-state index in [1.807, 2.05) is 48.5 Å². The highest BCUT2D eigenvalue weighted by Gasteiger charge is 2.14. The predicted octanol–water partition coefficient (Wildman–Crippen LogP) is 6.17. The molecule has 1 unspecified atom stereocenters. The Kier molecular flexibility index (Phi) is 8.42. The molecule has 3 rings (SSSR count). The zero-order valence-electron chi connectivity index (χ0n) is 16.4. The topological polar surface area (TPSA) is 50.7 Å². The van der Waals surface area contributed by atoms with Crippen LogP contribution in [0.2, 0.25) is 10.0 Å². The third-order valence-corrected chi connectivity index (χ3v) is 5.70. The molecule has 0 aliphatic carbocycles. The predicted molar refractivity (Wildman–Crippen MR) is 125 cm³/mol. The zero-order chi connectivity index (χ0) is 21.5. The summed E-state index contributed by atoms with van der Waals surface area (Å²) in [6.45, 7) is 1.30. The maximum absolute atomic E-state index is 10.3. The van der Waals surface area contributed by atoms with Gasteiger partial charge < -0.3 is 19.9 Å². The molecule has 0 amide bonds. The number of nitrogens with one attached hydrogen (secondary N) is 1. The Hall–Kier alpha value is -1.76. The summed E-state index contributed by atoms with van der Waals surface area (Å²) in [6, 6.07) is 18.7. The van der Waals surface area contributed by atoms with Crippen molar-refractivity contribution in [3.63, 3.8) is 0 Å². The number of hydrogen-bond acceptors (Lipinski definition) is 4. The molecule has 0 aromatic heterocycles. The molecule has 0 spiro atoms. The van der Waals surface area contributed by atoms with Crippen LogP contribution in [0.25, 0.3) is 0 Å². The molecule has 0 radical (unpaired) electrons. The lowest BCUT2D eigenvalue weighted by Crippen LogP contribution is -2.21. The molecule has 0 aliphatic heterocycles. The normalized spacial score (nSPS) is 11.9. The Labute approximate surface area is 194 Å². The lowest BCUT2D eigenvalue weighted by atomic mass is 10.1. The third kappa shape index (κ3) is 6.13. The van der Waals surface area contributed by atoms with Crippen LogP contribution < -0.4 is 14.8 Å². The second-order valence-electron chi connectivity index (χ2n) is 6.69. The van der Waals surface area contributed by atoms with Crippen molar-refractivity contribution in [2.24, 2.45) is 0 Å². The molecule has 0 aliphatic rings. The van der Waals surface area contributed by atoms with E-state index in [-0.39, 0.29) is 6.61 Å². The van der Waals surface area contributed by atoms with Gasteiger partial charge in [0.15, 0.2) is 11.5 Å². The zero-order valence-corrected chi connectivity index (χ0v) is 19.5. The van der Waals surface area contributed by atoms with Crippen LogP contribution in [-0.2, 0) is 13.2 Å². The van der Waals surface area contributed by atoms with Crippen molar-refractivity contribution in [2.75, 3.05) is 13.7 Å². The van der Waals surface area contributed by atoms with Gasteiger partial charge in [-0.05, 0) is 51.3 Å². The third-order valence-electron chi connectivity index (χ3n) is 4.53. The summed E-state index contributed by atoms with van der Waals surface area (Å²) < 4.78 is 12.2. The monoisotopic (exact) mass is 509 g/mol. The smallest absolute Gasteiger partial charge is 0.175 e. The highest BCUT2D eigenvalue weighted by atomic mass is 79.9. The molecule has 0 saturated heterocycles. The van der Waals surface area contributed by atoms with E-state index in [4.69, 9.17) is 32.7 Å². The molecule has 1 atom stereocenters. The van der Waals surface area contributed by atoms with Crippen molar-refractivity contribution in [2.45, 2.75) is 19.3 Å². The van der Waals surface area contributed by atoms with E-state index < -0.39 is 6.10 Å². The quantitative estimate of drug-likeness (QED) is 0.361. The Bertz CT molecular complexity index is 986. The van der Waals surface area contributed by atoms with Crippen LogP contribution in [0.3, 0.4) is 0 Å². The molecule has 7 heteroatoms. The van der Waals surface area contributed by atoms with Gasteiger partial charge in [0.05, 0.1) is 17.7 Å².